The highest BCUT2D eigenvalue weighted by atomic mass is 32.2. The van der Waals surface area contributed by atoms with E-state index in [1.165, 1.54) is 0 Å². The van der Waals surface area contributed by atoms with Crippen molar-refractivity contribution in [2.24, 2.45) is 0 Å². The largest absolute Gasteiger partial charge is 0.392 e. The van der Waals surface area contributed by atoms with Crippen LogP contribution in [0.4, 0.5) is 0 Å². The van der Waals surface area contributed by atoms with Gasteiger partial charge in [-0.2, -0.15) is 0 Å². The predicted octanol–water partition coefficient (Wildman–Crippen LogP) is 0.127. The maximum Gasteiger partial charge on any atom is 0.0940 e. The number of piperidine rings is 1. The average molecular weight is 177 g/mol. The first-order valence-corrected chi connectivity index (χ1v) is 5.33. The molecule has 4 heteroatoms. The van der Waals surface area contributed by atoms with Gasteiger partial charge in [-0.25, -0.2) is 8.51 Å². The highest BCUT2D eigenvalue weighted by Gasteiger charge is 2.20. The molecule has 0 aromatic carbocycles. The number of aliphatic hydroxyl groups excluding tert-OH is 1. The molecule has 66 valence electrons. The number of hydrogen-bond acceptors (Lipinski definition) is 2. The van der Waals surface area contributed by atoms with Crippen LogP contribution in [-0.4, -0.2) is 38.6 Å². The van der Waals surface area contributed by atoms with E-state index in [9.17, 15) is 9.32 Å². The zero-order valence-electron chi connectivity index (χ0n) is 6.82. The van der Waals surface area contributed by atoms with Crippen LogP contribution in [-0.2, 0) is 11.0 Å². The van der Waals surface area contributed by atoms with E-state index < -0.39 is 11.0 Å². The summed E-state index contributed by atoms with van der Waals surface area (Å²) in [6.45, 7) is 3.36. The summed E-state index contributed by atoms with van der Waals surface area (Å²) in [6, 6.07) is 0. The van der Waals surface area contributed by atoms with Crippen molar-refractivity contribution >= 4 is 11.0 Å². The quantitative estimate of drug-likeness (QED) is 0.651. The van der Waals surface area contributed by atoms with Gasteiger partial charge in [-0.05, 0) is 12.8 Å². The minimum absolute atomic E-state index is 0.265. The SMILES string of the molecule is CCS(=O)N1CCC[C@H](O)C1. The predicted molar refractivity (Wildman–Crippen MR) is 45.5 cm³/mol. The Morgan fingerprint density at radius 1 is 1.73 bits per heavy atom. The fraction of sp³-hybridized carbons (Fsp3) is 1.00. The zero-order valence-corrected chi connectivity index (χ0v) is 7.64. The Hall–Kier alpha value is 0.0700. The number of aliphatic hydroxyl groups is 1. The maximum absolute atomic E-state index is 11.2. The lowest BCUT2D eigenvalue weighted by molar-refractivity contribution is 0.110. The van der Waals surface area contributed by atoms with Crippen molar-refractivity contribution in [2.75, 3.05) is 18.8 Å². The van der Waals surface area contributed by atoms with Crippen LogP contribution >= 0.6 is 0 Å². The summed E-state index contributed by atoms with van der Waals surface area (Å²) in [7, 11) is -0.861. The van der Waals surface area contributed by atoms with Gasteiger partial charge in [-0.15, -0.1) is 0 Å². The lowest BCUT2D eigenvalue weighted by atomic mass is 10.1. The van der Waals surface area contributed by atoms with Crippen molar-refractivity contribution in [3.8, 4) is 0 Å². The van der Waals surface area contributed by atoms with E-state index >= 15 is 0 Å². The zero-order chi connectivity index (χ0) is 8.27. The molecule has 0 aromatic rings. The Bertz CT molecular complexity index is 151. The van der Waals surface area contributed by atoms with Gasteiger partial charge in [0.05, 0.1) is 17.1 Å². The molecule has 1 rings (SSSR count). The lowest BCUT2D eigenvalue weighted by Crippen LogP contribution is -2.39. The number of β-amino-alcohol motifs (C(OH)–C–C–N with tert-alkyl or cyclic N) is 1. The molecule has 0 aliphatic carbocycles. The Kier molecular flexibility index (Phi) is 3.48. The lowest BCUT2D eigenvalue weighted by Gasteiger charge is -2.28. The van der Waals surface area contributed by atoms with Gasteiger partial charge in [-0.3, -0.25) is 0 Å². The highest BCUT2D eigenvalue weighted by Crippen LogP contribution is 2.11. The second kappa shape index (κ2) is 4.18. The molecule has 0 amide bonds. The van der Waals surface area contributed by atoms with Gasteiger partial charge in [0.2, 0.25) is 0 Å². The molecule has 0 saturated carbocycles. The molecule has 0 aromatic heterocycles. The molecule has 1 aliphatic heterocycles. The summed E-state index contributed by atoms with van der Waals surface area (Å²) in [5, 5.41) is 9.25. The van der Waals surface area contributed by atoms with Gasteiger partial charge in [0.1, 0.15) is 0 Å². The molecule has 1 heterocycles. The van der Waals surface area contributed by atoms with Gasteiger partial charge in [0, 0.05) is 18.8 Å². The van der Waals surface area contributed by atoms with Crippen LogP contribution in [0.3, 0.4) is 0 Å². The standard InChI is InChI=1S/C7H15NO2S/c1-2-11(10)8-5-3-4-7(9)6-8/h7,9H,2-6H2,1H3/t7-,11?/m0/s1. The molecule has 1 N–H and O–H groups in total. The van der Waals surface area contributed by atoms with Gasteiger partial charge in [0.25, 0.3) is 0 Å². The highest BCUT2D eigenvalue weighted by molar-refractivity contribution is 7.82. The van der Waals surface area contributed by atoms with Crippen LogP contribution in [0.1, 0.15) is 19.8 Å². The molecule has 0 radical (unpaired) electrons. The summed E-state index contributed by atoms with van der Waals surface area (Å²) < 4.78 is 13.1. The molecular formula is C7H15NO2S. The Morgan fingerprint density at radius 2 is 2.45 bits per heavy atom. The van der Waals surface area contributed by atoms with E-state index in [0.29, 0.717) is 12.3 Å². The molecular weight excluding hydrogens is 162 g/mol. The van der Waals surface area contributed by atoms with Crippen LogP contribution in [0.25, 0.3) is 0 Å². The summed E-state index contributed by atoms with van der Waals surface area (Å²) >= 11 is 0. The molecule has 0 bridgehead atoms. The second-order valence-corrected chi connectivity index (χ2v) is 4.53. The van der Waals surface area contributed by atoms with Gasteiger partial charge in [-0.1, -0.05) is 6.92 Å². The first-order chi connectivity index (χ1) is 5.24. The molecule has 3 nitrogen and oxygen atoms in total. The van der Waals surface area contributed by atoms with Crippen molar-refractivity contribution in [2.45, 2.75) is 25.9 Å². The van der Waals surface area contributed by atoms with E-state index in [2.05, 4.69) is 0 Å². The fourth-order valence-corrected chi connectivity index (χ4v) is 2.32. The van der Waals surface area contributed by atoms with Crippen molar-refractivity contribution < 1.29 is 9.32 Å². The molecule has 2 atom stereocenters. The van der Waals surface area contributed by atoms with E-state index in [1.54, 1.807) is 0 Å². The summed E-state index contributed by atoms with van der Waals surface area (Å²) in [6.07, 6.45) is 1.56. The van der Waals surface area contributed by atoms with Crippen molar-refractivity contribution in [1.29, 1.82) is 0 Å². The average Bonchev–Trinajstić information content (AvgIpc) is 2.03. The molecule has 11 heavy (non-hydrogen) atoms. The minimum Gasteiger partial charge on any atom is -0.392 e. The van der Waals surface area contributed by atoms with Crippen molar-refractivity contribution in [1.82, 2.24) is 4.31 Å². The molecule has 1 aliphatic rings. The third-order valence-electron chi connectivity index (χ3n) is 1.89. The monoisotopic (exact) mass is 177 g/mol. The Labute approximate surface area is 70.0 Å². The molecule has 0 spiro atoms. The third kappa shape index (κ3) is 2.54. The van der Waals surface area contributed by atoms with Crippen molar-refractivity contribution in [3.63, 3.8) is 0 Å². The second-order valence-electron chi connectivity index (χ2n) is 2.79. The van der Waals surface area contributed by atoms with E-state index in [4.69, 9.17) is 0 Å². The summed E-state index contributed by atoms with van der Waals surface area (Å²) in [5.41, 5.74) is 0. The van der Waals surface area contributed by atoms with E-state index in [0.717, 1.165) is 19.4 Å². The first-order valence-electron chi connectivity index (χ1n) is 4.05. The van der Waals surface area contributed by atoms with Crippen LogP contribution in [0.2, 0.25) is 0 Å². The van der Waals surface area contributed by atoms with E-state index in [1.807, 2.05) is 11.2 Å². The van der Waals surface area contributed by atoms with Gasteiger partial charge < -0.3 is 5.11 Å². The van der Waals surface area contributed by atoms with Crippen LogP contribution in [0, 0.1) is 0 Å². The normalized spacial score (nSPS) is 30.2. The number of nitrogens with zero attached hydrogens (tertiary/aromatic N) is 1. The topological polar surface area (TPSA) is 40.5 Å². The van der Waals surface area contributed by atoms with Crippen LogP contribution < -0.4 is 0 Å². The van der Waals surface area contributed by atoms with Crippen LogP contribution in [0.5, 0.6) is 0 Å². The van der Waals surface area contributed by atoms with E-state index in [-0.39, 0.29) is 6.10 Å². The first kappa shape index (κ1) is 9.16. The Morgan fingerprint density at radius 3 is 3.00 bits per heavy atom. The third-order valence-corrected chi connectivity index (χ3v) is 3.30. The van der Waals surface area contributed by atoms with Crippen LogP contribution in [0.15, 0.2) is 0 Å². The van der Waals surface area contributed by atoms with Crippen molar-refractivity contribution in [3.05, 3.63) is 0 Å². The number of rotatable bonds is 2. The smallest absolute Gasteiger partial charge is 0.0940 e. The maximum atomic E-state index is 11.2. The molecule has 1 fully saturated rings. The van der Waals surface area contributed by atoms with Gasteiger partial charge >= 0.3 is 0 Å². The minimum atomic E-state index is -0.861. The molecule has 1 unspecified atom stereocenters. The fourth-order valence-electron chi connectivity index (χ4n) is 1.29. The summed E-state index contributed by atoms with van der Waals surface area (Å²) in [5.74, 6) is 0.659. The van der Waals surface area contributed by atoms with Gasteiger partial charge in [0.15, 0.2) is 0 Å². The molecule has 1 saturated heterocycles. The Balaban J connectivity index is 2.39. The number of hydrogen-bond donors (Lipinski definition) is 1. The summed E-state index contributed by atoms with van der Waals surface area (Å²) in [4.78, 5) is 0.